The molecule has 3 aromatic carbocycles. The van der Waals surface area contributed by atoms with Crippen LogP contribution in [0.5, 0.6) is 5.75 Å². The molecular weight excluding hydrogens is 474 g/mol. The van der Waals surface area contributed by atoms with Crippen LogP contribution in [0.25, 0.3) is 10.8 Å². The molecule has 0 saturated heterocycles. The summed E-state index contributed by atoms with van der Waals surface area (Å²) in [6.45, 7) is 6.63. The van der Waals surface area contributed by atoms with Crippen molar-refractivity contribution in [2.45, 2.75) is 39.9 Å². The van der Waals surface area contributed by atoms with E-state index >= 15 is 0 Å². The summed E-state index contributed by atoms with van der Waals surface area (Å²) in [7, 11) is 0. The van der Waals surface area contributed by atoms with Crippen molar-refractivity contribution in [3.05, 3.63) is 70.7 Å². The van der Waals surface area contributed by atoms with Crippen LogP contribution in [0.3, 0.4) is 0 Å². The first-order chi connectivity index (χ1) is 15.1. The Labute approximate surface area is 196 Å². The van der Waals surface area contributed by atoms with Gasteiger partial charge in [-0.2, -0.15) is 0 Å². The second-order valence-corrected chi connectivity index (χ2v) is 9.17. The third-order valence-corrected chi connectivity index (χ3v) is 4.91. The molecule has 168 valence electrons. The number of benzene rings is 3. The van der Waals surface area contributed by atoms with Gasteiger partial charge in [-0.1, -0.05) is 52.3 Å². The summed E-state index contributed by atoms with van der Waals surface area (Å²) in [5, 5.41) is 1.83. The molecule has 1 amide bonds. The van der Waals surface area contributed by atoms with E-state index in [0.29, 0.717) is 18.0 Å². The zero-order valence-electron chi connectivity index (χ0n) is 18.6. The molecule has 0 bridgehead atoms. The minimum Gasteiger partial charge on any atom is -0.487 e. The Morgan fingerprint density at radius 1 is 0.969 bits per heavy atom. The fourth-order valence-corrected chi connectivity index (χ4v) is 3.37. The van der Waals surface area contributed by atoms with E-state index < -0.39 is 17.7 Å². The van der Waals surface area contributed by atoms with Crippen molar-refractivity contribution in [2.75, 3.05) is 11.6 Å². The summed E-state index contributed by atoms with van der Waals surface area (Å²) < 4.78 is 17.8. The van der Waals surface area contributed by atoms with Gasteiger partial charge in [0.25, 0.3) is 0 Å². The van der Waals surface area contributed by atoms with Gasteiger partial charge in [0.2, 0.25) is 0 Å². The minimum atomic E-state index is -0.726. The van der Waals surface area contributed by atoms with Crippen LogP contribution in [-0.2, 0) is 20.9 Å². The van der Waals surface area contributed by atoms with Gasteiger partial charge in [-0.15, -0.1) is 0 Å². The van der Waals surface area contributed by atoms with Crippen molar-refractivity contribution in [3.63, 3.8) is 0 Å². The van der Waals surface area contributed by atoms with Crippen molar-refractivity contribution in [2.24, 2.45) is 0 Å². The van der Waals surface area contributed by atoms with Crippen LogP contribution in [0.2, 0.25) is 0 Å². The summed E-state index contributed by atoms with van der Waals surface area (Å²) in [4.78, 5) is 25.8. The standard InChI is InChI=1S/C25H26BrNO5/c1-17(28)31-16-27(24(29)32-25(2,3)4)22-13-20-12-21(26)11-10-19(20)14-23(22)30-15-18-8-6-5-7-9-18/h5-14H,15-16H2,1-4H3. The SMILES string of the molecule is CC(=O)OCN(C(=O)OC(C)(C)C)c1cc2cc(Br)ccc2cc1OCc1ccccc1. The van der Waals surface area contributed by atoms with Crippen LogP contribution >= 0.6 is 15.9 Å². The fraction of sp³-hybridized carbons (Fsp3) is 0.280. The maximum atomic E-state index is 13.0. The lowest BCUT2D eigenvalue weighted by Gasteiger charge is -2.28. The highest BCUT2D eigenvalue weighted by Gasteiger charge is 2.27. The minimum absolute atomic E-state index is 0.300. The van der Waals surface area contributed by atoms with E-state index in [1.54, 1.807) is 20.8 Å². The molecule has 0 aliphatic carbocycles. The second kappa shape index (κ2) is 10.0. The van der Waals surface area contributed by atoms with E-state index in [1.807, 2.05) is 60.7 Å². The molecule has 0 fully saturated rings. The molecule has 0 aliphatic heterocycles. The number of amides is 1. The summed E-state index contributed by atoms with van der Waals surface area (Å²) in [6.07, 6.45) is -0.641. The molecule has 7 heteroatoms. The first-order valence-electron chi connectivity index (χ1n) is 10.2. The normalized spacial score (nSPS) is 11.2. The molecule has 0 unspecified atom stereocenters. The number of carbonyl (C=O) groups excluding carboxylic acids is 2. The van der Waals surface area contributed by atoms with Crippen LogP contribution in [0.4, 0.5) is 10.5 Å². The lowest BCUT2D eigenvalue weighted by molar-refractivity contribution is -0.140. The fourth-order valence-electron chi connectivity index (χ4n) is 2.99. The zero-order chi connectivity index (χ0) is 23.3. The van der Waals surface area contributed by atoms with Crippen LogP contribution in [0.15, 0.2) is 65.1 Å². The van der Waals surface area contributed by atoms with E-state index in [1.165, 1.54) is 11.8 Å². The number of fused-ring (bicyclic) bond motifs is 1. The number of hydrogen-bond acceptors (Lipinski definition) is 5. The van der Waals surface area contributed by atoms with E-state index in [2.05, 4.69) is 15.9 Å². The van der Waals surface area contributed by atoms with Crippen molar-refractivity contribution in [3.8, 4) is 5.75 Å². The maximum Gasteiger partial charge on any atom is 0.417 e. The predicted molar refractivity (Wildman–Crippen MR) is 128 cm³/mol. The Kier molecular flexibility index (Phi) is 7.40. The third-order valence-electron chi connectivity index (χ3n) is 4.42. The van der Waals surface area contributed by atoms with Gasteiger partial charge in [0.1, 0.15) is 18.0 Å². The van der Waals surface area contributed by atoms with Crippen molar-refractivity contribution in [1.29, 1.82) is 0 Å². The number of anilines is 1. The molecule has 3 rings (SSSR count). The molecule has 0 aromatic heterocycles. The largest absolute Gasteiger partial charge is 0.487 e. The lowest BCUT2D eigenvalue weighted by atomic mass is 10.1. The van der Waals surface area contributed by atoms with Gasteiger partial charge in [-0.3, -0.25) is 4.79 Å². The monoisotopic (exact) mass is 499 g/mol. The van der Waals surface area contributed by atoms with E-state index in [-0.39, 0.29) is 6.73 Å². The second-order valence-electron chi connectivity index (χ2n) is 8.26. The average molecular weight is 500 g/mol. The van der Waals surface area contributed by atoms with Crippen LogP contribution < -0.4 is 9.64 Å². The molecule has 0 atom stereocenters. The number of carbonyl (C=O) groups is 2. The number of halogens is 1. The van der Waals surface area contributed by atoms with Gasteiger partial charge in [0, 0.05) is 11.4 Å². The molecule has 32 heavy (non-hydrogen) atoms. The lowest BCUT2D eigenvalue weighted by Crippen LogP contribution is -2.39. The Balaban J connectivity index is 2.06. The van der Waals surface area contributed by atoms with Gasteiger partial charge in [0.15, 0.2) is 6.73 Å². The number of hydrogen-bond donors (Lipinski definition) is 0. The maximum absolute atomic E-state index is 13.0. The summed E-state index contributed by atoms with van der Waals surface area (Å²) in [6, 6.07) is 19.3. The quantitative estimate of drug-likeness (QED) is 0.288. The Hall–Kier alpha value is -3.06. The van der Waals surface area contributed by atoms with Gasteiger partial charge in [-0.05, 0) is 61.4 Å². The van der Waals surface area contributed by atoms with Crippen molar-refractivity contribution < 1.29 is 23.8 Å². The van der Waals surface area contributed by atoms with Gasteiger partial charge < -0.3 is 14.2 Å². The van der Waals surface area contributed by atoms with Gasteiger partial charge >= 0.3 is 12.1 Å². The molecule has 0 radical (unpaired) electrons. The summed E-state index contributed by atoms with van der Waals surface area (Å²) >= 11 is 3.49. The number of rotatable bonds is 6. The summed E-state index contributed by atoms with van der Waals surface area (Å²) in [5.41, 5.74) is 0.705. The molecule has 0 N–H and O–H groups in total. The van der Waals surface area contributed by atoms with E-state index in [4.69, 9.17) is 14.2 Å². The molecular formula is C25H26BrNO5. The van der Waals surface area contributed by atoms with Gasteiger partial charge in [-0.25, -0.2) is 9.69 Å². The highest BCUT2D eigenvalue weighted by molar-refractivity contribution is 9.10. The Morgan fingerprint density at radius 3 is 2.34 bits per heavy atom. The molecule has 6 nitrogen and oxygen atoms in total. The van der Waals surface area contributed by atoms with Crippen LogP contribution in [0, 0.1) is 0 Å². The topological polar surface area (TPSA) is 65.1 Å². The Morgan fingerprint density at radius 2 is 1.69 bits per heavy atom. The molecule has 0 heterocycles. The molecule has 3 aromatic rings. The average Bonchev–Trinajstić information content (AvgIpc) is 2.71. The van der Waals surface area contributed by atoms with Crippen molar-refractivity contribution in [1.82, 2.24) is 0 Å². The molecule has 0 aliphatic rings. The van der Waals surface area contributed by atoms with E-state index in [0.717, 1.165) is 20.8 Å². The molecule has 0 saturated carbocycles. The predicted octanol–water partition coefficient (Wildman–Crippen LogP) is 6.44. The first kappa shape index (κ1) is 23.6. The first-order valence-corrected chi connectivity index (χ1v) is 11.0. The van der Waals surface area contributed by atoms with E-state index in [9.17, 15) is 9.59 Å². The summed E-state index contributed by atoms with van der Waals surface area (Å²) in [5.74, 6) is -0.0319. The zero-order valence-corrected chi connectivity index (χ0v) is 20.1. The van der Waals surface area contributed by atoms with Gasteiger partial charge in [0.05, 0.1) is 5.69 Å². The molecule has 0 spiro atoms. The van der Waals surface area contributed by atoms with Crippen LogP contribution in [0.1, 0.15) is 33.3 Å². The smallest absolute Gasteiger partial charge is 0.417 e. The van der Waals surface area contributed by atoms with Crippen LogP contribution in [-0.4, -0.2) is 24.4 Å². The highest BCUT2D eigenvalue weighted by Crippen LogP contribution is 2.36. The highest BCUT2D eigenvalue weighted by atomic mass is 79.9. The number of ether oxygens (including phenoxy) is 3. The van der Waals surface area contributed by atoms with Crippen molar-refractivity contribution >= 4 is 44.5 Å². The number of nitrogens with zero attached hydrogens (tertiary/aromatic N) is 1. The number of esters is 1. The Bertz CT molecular complexity index is 1110. The third kappa shape index (κ3) is 6.47.